The average molecular weight is 395 g/mol. The number of hydrogen-bond acceptors (Lipinski definition) is 1. The molecule has 0 aliphatic carbocycles. The quantitative estimate of drug-likeness (QED) is 0.198. The van der Waals surface area contributed by atoms with Gasteiger partial charge in [0, 0.05) is 6.08 Å². The highest BCUT2D eigenvalue weighted by molar-refractivity contribution is 5.81. The van der Waals surface area contributed by atoms with E-state index in [1.54, 1.807) is 6.92 Å². The number of unbranched alkanes of at least 4 members (excludes halogenated alkanes) is 7. The first-order valence-electron chi connectivity index (χ1n) is 11.0. The van der Waals surface area contributed by atoms with Crippen molar-refractivity contribution >= 4 is 12.0 Å². The van der Waals surface area contributed by atoms with Gasteiger partial charge in [-0.2, -0.15) is 0 Å². The lowest BCUT2D eigenvalue weighted by Gasteiger charge is -2.06. The third-order valence-electron chi connectivity index (χ3n) is 4.95. The molecule has 0 amide bonds. The zero-order valence-corrected chi connectivity index (χ0v) is 18.5. The van der Waals surface area contributed by atoms with Crippen molar-refractivity contribution < 1.29 is 9.90 Å². The van der Waals surface area contributed by atoms with Crippen molar-refractivity contribution in [2.45, 2.75) is 78.6 Å². The lowest BCUT2D eigenvalue weighted by atomic mass is 9.99. The largest absolute Gasteiger partial charge is 0.478 e. The van der Waals surface area contributed by atoms with E-state index in [0.717, 1.165) is 17.6 Å². The van der Waals surface area contributed by atoms with Crippen LogP contribution in [-0.2, 0) is 11.2 Å². The summed E-state index contributed by atoms with van der Waals surface area (Å²) in [6.45, 7) is 6.10. The number of allylic oxidation sites excluding steroid dienone is 6. The topological polar surface area (TPSA) is 37.3 Å². The molecule has 0 aliphatic heterocycles. The van der Waals surface area contributed by atoms with Crippen molar-refractivity contribution in [2.24, 2.45) is 0 Å². The molecule has 0 saturated heterocycles. The first kappa shape index (κ1) is 24.7. The monoisotopic (exact) mass is 394 g/mol. The van der Waals surface area contributed by atoms with Crippen LogP contribution in [-0.4, -0.2) is 11.1 Å². The molecule has 0 aromatic heterocycles. The third kappa shape index (κ3) is 12.7. The van der Waals surface area contributed by atoms with Gasteiger partial charge in [-0.15, -0.1) is 0 Å². The van der Waals surface area contributed by atoms with Gasteiger partial charge in [0.15, 0.2) is 0 Å². The van der Waals surface area contributed by atoms with Crippen molar-refractivity contribution in [1.29, 1.82) is 0 Å². The van der Waals surface area contributed by atoms with E-state index in [2.05, 4.69) is 50.3 Å². The normalized spacial score (nSPS) is 12.9. The molecule has 1 N–H and O–H groups in total. The fourth-order valence-electron chi connectivity index (χ4n) is 3.25. The van der Waals surface area contributed by atoms with Gasteiger partial charge in [-0.3, -0.25) is 0 Å². The van der Waals surface area contributed by atoms with Crippen molar-refractivity contribution in [3.05, 3.63) is 76.9 Å². The number of carboxylic acid groups (broad SMARTS) is 1. The molecule has 0 aliphatic rings. The van der Waals surface area contributed by atoms with Gasteiger partial charge in [-0.25, -0.2) is 4.79 Å². The van der Waals surface area contributed by atoms with Crippen molar-refractivity contribution in [2.75, 3.05) is 0 Å². The molecule has 0 heterocycles. The summed E-state index contributed by atoms with van der Waals surface area (Å²) in [5.41, 5.74) is 4.56. The highest BCUT2D eigenvalue weighted by atomic mass is 16.4. The van der Waals surface area contributed by atoms with Crippen LogP contribution >= 0.6 is 0 Å². The smallest absolute Gasteiger partial charge is 0.328 e. The Balaban J connectivity index is 2.50. The summed E-state index contributed by atoms with van der Waals surface area (Å²) >= 11 is 0. The summed E-state index contributed by atoms with van der Waals surface area (Å²) in [5.74, 6) is -0.916. The number of aliphatic carboxylic acids is 1. The van der Waals surface area contributed by atoms with Gasteiger partial charge >= 0.3 is 5.97 Å². The Morgan fingerprint density at radius 3 is 2.24 bits per heavy atom. The van der Waals surface area contributed by atoms with Gasteiger partial charge in [-0.05, 0) is 43.4 Å². The van der Waals surface area contributed by atoms with E-state index in [4.69, 9.17) is 5.11 Å². The minimum atomic E-state index is -0.916. The van der Waals surface area contributed by atoms with Crippen LogP contribution in [0.25, 0.3) is 6.08 Å². The first-order chi connectivity index (χ1) is 14.0. The predicted molar refractivity (Wildman–Crippen MR) is 126 cm³/mol. The van der Waals surface area contributed by atoms with E-state index in [9.17, 15) is 4.79 Å². The molecule has 158 valence electrons. The third-order valence-corrected chi connectivity index (χ3v) is 4.95. The summed E-state index contributed by atoms with van der Waals surface area (Å²) in [5, 5.41) is 8.73. The summed E-state index contributed by atoms with van der Waals surface area (Å²) in [6.07, 6.45) is 23.1. The molecule has 1 aromatic carbocycles. The van der Waals surface area contributed by atoms with Gasteiger partial charge < -0.3 is 5.11 Å². The number of carboxylic acids is 1. The lowest BCUT2D eigenvalue weighted by molar-refractivity contribution is -0.131. The minimum absolute atomic E-state index is 0.723. The molecule has 0 saturated carbocycles. The number of hydrogen-bond donors (Lipinski definition) is 1. The summed E-state index contributed by atoms with van der Waals surface area (Å²) in [4.78, 5) is 10.6. The van der Waals surface area contributed by atoms with Crippen LogP contribution in [0.3, 0.4) is 0 Å². The molecule has 0 spiro atoms. The SMILES string of the molecule is CCCCCCCCCCc1ccccc1C=CC(C)=CC=C/C(C)=C/C(=O)O. The summed E-state index contributed by atoms with van der Waals surface area (Å²) in [6, 6.07) is 8.63. The lowest BCUT2D eigenvalue weighted by Crippen LogP contribution is -1.90. The van der Waals surface area contributed by atoms with Crippen LogP contribution in [0.5, 0.6) is 0 Å². The molecule has 29 heavy (non-hydrogen) atoms. The van der Waals surface area contributed by atoms with Crippen molar-refractivity contribution in [1.82, 2.24) is 0 Å². The number of benzene rings is 1. The zero-order chi connectivity index (χ0) is 21.3. The maximum absolute atomic E-state index is 10.6. The Kier molecular flexibility index (Phi) is 13.2. The number of carbonyl (C=O) groups is 1. The Morgan fingerprint density at radius 1 is 0.897 bits per heavy atom. The Hall–Kier alpha value is -2.35. The fourth-order valence-corrected chi connectivity index (χ4v) is 3.25. The van der Waals surface area contributed by atoms with Crippen LogP contribution in [0.15, 0.2) is 65.8 Å². The van der Waals surface area contributed by atoms with E-state index in [1.165, 1.54) is 68.6 Å². The molecule has 2 heteroatoms. The van der Waals surface area contributed by atoms with Crippen molar-refractivity contribution in [3.63, 3.8) is 0 Å². The Morgan fingerprint density at radius 2 is 1.55 bits per heavy atom. The van der Waals surface area contributed by atoms with Gasteiger partial charge in [-0.1, -0.05) is 112 Å². The van der Waals surface area contributed by atoms with Gasteiger partial charge in [0.1, 0.15) is 0 Å². The molecule has 0 bridgehead atoms. The summed E-state index contributed by atoms with van der Waals surface area (Å²) < 4.78 is 0. The molecule has 1 aromatic rings. The van der Waals surface area contributed by atoms with E-state index >= 15 is 0 Å². The molecule has 0 atom stereocenters. The second-order valence-electron chi connectivity index (χ2n) is 7.75. The van der Waals surface area contributed by atoms with Crippen LogP contribution in [0.1, 0.15) is 83.3 Å². The average Bonchev–Trinajstić information content (AvgIpc) is 2.68. The Labute approximate surface area is 177 Å². The fraction of sp³-hybridized carbons (Fsp3) is 0.444. The highest BCUT2D eigenvalue weighted by Crippen LogP contribution is 2.16. The second kappa shape index (κ2) is 15.6. The summed E-state index contributed by atoms with van der Waals surface area (Å²) in [7, 11) is 0. The molecule has 1 rings (SSSR count). The van der Waals surface area contributed by atoms with Gasteiger partial charge in [0.25, 0.3) is 0 Å². The maximum atomic E-state index is 10.6. The van der Waals surface area contributed by atoms with Gasteiger partial charge in [0.2, 0.25) is 0 Å². The number of rotatable bonds is 14. The maximum Gasteiger partial charge on any atom is 0.328 e. The van der Waals surface area contributed by atoms with Gasteiger partial charge in [0.05, 0.1) is 0 Å². The van der Waals surface area contributed by atoms with E-state index in [1.807, 2.05) is 18.2 Å². The second-order valence-corrected chi connectivity index (χ2v) is 7.75. The molecule has 0 unspecified atom stereocenters. The first-order valence-corrected chi connectivity index (χ1v) is 11.0. The molecule has 2 nitrogen and oxygen atoms in total. The molecular formula is C27H38O2. The van der Waals surface area contributed by atoms with Crippen LogP contribution < -0.4 is 0 Å². The minimum Gasteiger partial charge on any atom is -0.478 e. The standard InChI is InChI=1S/C27H38O2/c1-4-5-6-7-8-9-10-11-17-25-18-12-13-19-26(25)21-20-23(2)15-14-16-24(3)22-27(28)29/h12-16,18-22H,4-11,17H2,1-3H3,(H,28,29)/b16-14?,21-20?,23-15?,24-22+. The van der Waals surface area contributed by atoms with E-state index in [0.29, 0.717) is 0 Å². The highest BCUT2D eigenvalue weighted by Gasteiger charge is 1.99. The molecular weight excluding hydrogens is 356 g/mol. The Bertz CT molecular complexity index is 720. The predicted octanol–water partition coefficient (Wildman–Crippen LogP) is 7.92. The van der Waals surface area contributed by atoms with Crippen LogP contribution in [0.4, 0.5) is 0 Å². The van der Waals surface area contributed by atoms with Crippen molar-refractivity contribution in [3.8, 4) is 0 Å². The van der Waals surface area contributed by atoms with E-state index < -0.39 is 5.97 Å². The zero-order valence-electron chi connectivity index (χ0n) is 18.5. The van der Waals surface area contributed by atoms with E-state index in [-0.39, 0.29) is 0 Å². The van der Waals surface area contributed by atoms with Crippen LogP contribution in [0, 0.1) is 0 Å². The molecule has 0 fully saturated rings. The number of aryl methyl sites for hydroxylation is 1. The van der Waals surface area contributed by atoms with Crippen LogP contribution in [0.2, 0.25) is 0 Å². The molecule has 0 radical (unpaired) electrons.